The number of nitrogens with zero attached hydrogens (tertiary/aromatic N) is 3. The van der Waals surface area contributed by atoms with Gasteiger partial charge in [-0.25, -0.2) is 0 Å². The minimum atomic E-state index is 0.899. The standard InChI is InChI=1S/C24H17N5/c1-2-6-15(5-1)19-13-25-14-23-17(19)12-22(27-23)24-18-11-16(8-9-21(18)28-29-24)20-7-3-4-10-26-20/h1,3-14,27H,2H2,(H,28,29). The van der Waals surface area contributed by atoms with Crippen LogP contribution in [0.25, 0.3) is 50.0 Å². The number of fused-ring (bicyclic) bond motifs is 2. The quantitative estimate of drug-likeness (QED) is 0.437. The second-order valence-corrected chi connectivity index (χ2v) is 7.18. The number of pyridine rings is 2. The second-order valence-electron chi connectivity index (χ2n) is 7.18. The van der Waals surface area contributed by atoms with Crippen molar-refractivity contribution in [1.29, 1.82) is 0 Å². The molecule has 5 aromatic rings. The van der Waals surface area contributed by atoms with Gasteiger partial charge in [-0.15, -0.1) is 0 Å². The molecular formula is C24H17N5. The SMILES string of the molecule is C1=CC(c2cncc3[nH]c(-c4n[nH]c5ccc(-c6ccccn6)cc45)cc23)=CC1. The summed E-state index contributed by atoms with van der Waals surface area (Å²) in [7, 11) is 0. The molecule has 2 N–H and O–H groups in total. The first kappa shape index (κ1) is 16.0. The summed E-state index contributed by atoms with van der Waals surface area (Å²) < 4.78 is 0. The van der Waals surface area contributed by atoms with Crippen LogP contribution in [0.3, 0.4) is 0 Å². The van der Waals surface area contributed by atoms with Gasteiger partial charge in [0, 0.05) is 34.3 Å². The zero-order valence-electron chi connectivity index (χ0n) is 15.6. The van der Waals surface area contributed by atoms with Gasteiger partial charge in [0.2, 0.25) is 0 Å². The van der Waals surface area contributed by atoms with E-state index in [0.717, 1.165) is 56.4 Å². The number of hydrogen-bond acceptors (Lipinski definition) is 3. The summed E-state index contributed by atoms with van der Waals surface area (Å²) in [6.07, 6.45) is 13.1. The smallest absolute Gasteiger partial charge is 0.116 e. The Kier molecular flexibility index (Phi) is 3.46. The predicted molar refractivity (Wildman–Crippen MR) is 116 cm³/mol. The first-order valence-corrected chi connectivity index (χ1v) is 9.60. The van der Waals surface area contributed by atoms with Crippen molar-refractivity contribution in [3.05, 3.63) is 84.8 Å². The van der Waals surface area contributed by atoms with Crippen LogP contribution in [0.5, 0.6) is 0 Å². The Bertz CT molecular complexity index is 1420. The summed E-state index contributed by atoms with van der Waals surface area (Å²) in [5, 5.41) is 9.97. The number of rotatable bonds is 3. The Hall–Kier alpha value is -3.99. The molecule has 0 aliphatic heterocycles. The van der Waals surface area contributed by atoms with Crippen LogP contribution in [0.15, 0.2) is 79.3 Å². The lowest BCUT2D eigenvalue weighted by atomic mass is 10.0. The van der Waals surface area contributed by atoms with Gasteiger partial charge in [0.05, 0.1) is 28.6 Å². The van der Waals surface area contributed by atoms with E-state index in [1.807, 2.05) is 36.8 Å². The maximum atomic E-state index is 4.60. The van der Waals surface area contributed by atoms with Gasteiger partial charge in [-0.2, -0.15) is 5.10 Å². The van der Waals surface area contributed by atoms with Crippen LogP contribution < -0.4 is 0 Å². The molecule has 5 nitrogen and oxygen atoms in total. The van der Waals surface area contributed by atoms with E-state index in [1.165, 1.54) is 5.57 Å². The topological polar surface area (TPSA) is 70.2 Å². The minimum absolute atomic E-state index is 0.899. The van der Waals surface area contributed by atoms with Crippen LogP contribution in [0.2, 0.25) is 0 Å². The highest BCUT2D eigenvalue weighted by Gasteiger charge is 2.15. The van der Waals surface area contributed by atoms with E-state index in [4.69, 9.17) is 0 Å². The molecule has 0 saturated heterocycles. The van der Waals surface area contributed by atoms with Crippen molar-refractivity contribution in [2.75, 3.05) is 0 Å². The third kappa shape index (κ3) is 2.59. The fraction of sp³-hybridized carbons (Fsp3) is 0.0417. The van der Waals surface area contributed by atoms with E-state index in [9.17, 15) is 0 Å². The zero-order chi connectivity index (χ0) is 19.2. The number of H-pyrrole nitrogens is 2. The van der Waals surface area contributed by atoms with Gasteiger partial charge in [-0.1, -0.05) is 30.4 Å². The molecule has 1 aliphatic carbocycles. The predicted octanol–water partition coefficient (Wildman–Crippen LogP) is 5.51. The molecule has 138 valence electrons. The average molecular weight is 375 g/mol. The number of benzene rings is 1. The summed E-state index contributed by atoms with van der Waals surface area (Å²) in [6, 6.07) is 14.4. The largest absolute Gasteiger partial charge is 0.352 e. The van der Waals surface area contributed by atoms with E-state index >= 15 is 0 Å². The van der Waals surface area contributed by atoms with Gasteiger partial charge in [0.25, 0.3) is 0 Å². The normalized spacial score (nSPS) is 13.4. The Balaban J connectivity index is 1.52. The van der Waals surface area contributed by atoms with Crippen LogP contribution >= 0.6 is 0 Å². The van der Waals surface area contributed by atoms with Gasteiger partial charge >= 0.3 is 0 Å². The van der Waals surface area contributed by atoms with Crippen LogP contribution in [-0.2, 0) is 0 Å². The van der Waals surface area contributed by atoms with Crippen LogP contribution in [0, 0.1) is 0 Å². The molecular weight excluding hydrogens is 358 g/mol. The molecule has 0 radical (unpaired) electrons. The van der Waals surface area contributed by atoms with Gasteiger partial charge in [-0.3, -0.25) is 15.1 Å². The molecule has 5 heteroatoms. The third-order valence-electron chi connectivity index (χ3n) is 5.41. The van der Waals surface area contributed by atoms with E-state index < -0.39 is 0 Å². The molecule has 0 fully saturated rings. The van der Waals surface area contributed by atoms with Crippen molar-refractivity contribution in [3.8, 4) is 22.6 Å². The molecule has 0 saturated carbocycles. The monoisotopic (exact) mass is 375 g/mol. The fourth-order valence-electron chi connectivity index (χ4n) is 3.98. The lowest BCUT2D eigenvalue weighted by Crippen LogP contribution is -1.83. The molecule has 0 spiro atoms. The molecule has 1 aromatic carbocycles. The average Bonchev–Trinajstić information content (AvgIpc) is 3.52. The van der Waals surface area contributed by atoms with E-state index in [-0.39, 0.29) is 0 Å². The summed E-state index contributed by atoms with van der Waals surface area (Å²) in [6.45, 7) is 0. The highest BCUT2D eigenvalue weighted by atomic mass is 15.1. The first-order chi connectivity index (χ1) is 14.4. The Labute approximate surface area is 166 Å². The van der Waals surface area contributed by atoms with Gasteiger partial charge < -0.3 is 4.98 Å². The minimum Gasteiger partial charge on any atom is -0.352 e. The van der Waals surface area contributed by atoms with E-state index in [2.05, 4.69) is 67.6 Å². The summed E-state index contributed by atoms with van der Waals surface area (Å²) in [5.74, 6) is 0. The lowest BCUT2D eigenvalue weighted by molar-refractivity contribution is 1.12. The van der Waals surface area contributed by atoms with Gasteiger partial charge in [0.1, 0.15) is 5.69 Å². The van der Waals surface area contributed by atoms with Crippen molar-refractivity contribution in [3.63, 3.8) is 0 Å². The Morgan fingerprint density at radius 3 is 2.79 bits per heavy atom. The summed E-state index contributed by atoms with van der Waals surface area (Å²) >= 11 is 0. The molecule has 4 aromatic heterocycles. The van der Waals surface area contributed by atoms with Crippen LogP contribution in [0.1, 0.15) is 12.0 Å². The Morgan fingerprint density at radius 1 is 0.931 bits per heavy atom. The second kappa shape index (κ2) is 6.27. The third-order valence-corrected chi connectivity index (χ3v) is 5.41. The molecule has 1 aliphatic rings. The zero-order valence-corrected chi connectivity index (χ0v) is 15.6. The number of hydrogen-bond donors (Lipinski definition) is 2. The number of aromatic nitrogens is 5. The van der Waals surface area contributed by atoms with E-state index in [1.54, 1.807) is 0 Å². The number of aromatic amines is 2. The highest BCUT2D eigenvalue weighted by molar-refractivity contribution is 6.01. The molecule has 29 heavy (non-hydrogen) atoms. The van der Waals surface area contributed by atoms with Crippen molar-refractivity contribution in [2.45, 2.75) is 6.42 Å². The molecule has 0 bridgehead atoms. The number of allylic oxidation sites excluding steroid dienone is 4. The van der Waals surface area contributed by atoms with Gasteiger partial charge in [-0.05, 0) is 42.3 Å². The highest BCUT2D eigenvalue weighted by Crippen LogP contribution is 2.34. The van der Waals surface area contributed by atoms with Crippen molar-refractivity contribution < 1.29 is 0 Å². The number of nitrogens with one attached hydrogen (secondary N) is 2. The van der Waals surface area contributed by atoms with Crippen LogP contribution in [-0.4, -0.2) is 25.1 Å². The Morgan fingerprint density at radius 2 is 1.93 bits per heavy atom. The van der Waals surface area contributed by atoms with Crippen LogP contribution in [0.4, 0.5) is 0 Å². The summed E-state index contributed by atoms with van der Waals surface area (Å²) in [4.78, 5) is 12.4. The lowest BCUT2D eigenvalue weighted by Gasteiger charge is -2.01. The molecule has 0 atom stereocenters. The maximum absolute atomic E-state index is 4.60. The van der Waals surface area contributed by atoms with Gasteiger partial charge in [0.15, 0.2) is 0 Å². The summed E-state index contributed by atoms with van der Waals surface area (Å²) in [5.41, 5.74) is 8.27. The maximum Gasteiger partial charge on any atom is 0.116 e. The molecule has 4 heterocycles. The van der Waals surface area contributed by atoms with Crippen molar-refractivity contribution >= 4 is 27.4 Å². The van der Waals surface area contributed by atoms with Crippen molar-refractivity contribution in [1.82, 2.24) is 25.1 Å². The van der Waals surface area contributed by atoms with Crippen molar-refractivity contribution in [2.24, 2.45) is 0 Å². The molecule has 0 amide bonds. The molecule has 0 unspecified atom stereocenters. The first-order valence-electron chi connectivity index (χ1n) is 9.60. The molecule has 6 rings (SSSR count). The van der Waals surface area contributed by atoms with E-state index in [0.29, 0.717) is 0 Å². The fourth-order valence-corrected chi connectivity index (χ4v) is 3.98.